The van der Waals surface area contributed by atoms with Crippen molar-refractivity contribution in [2.75, 3.05) is 5.32 Å². The molecule has 1 N–H and O–H groups in total. The Morgan fingerprint density at radius 2 is 2.25 bits per heavy atom. The number of carbonyl (C=O) groups is 1. The van der Waals surface area contributed by atoms with Gasteiger partial charge in [0, 0.05) is 0 Å². The van der Waals surface area contributed by atoms with Gasteiger partial charge in [-0.3, -0.25) is 4.79 Å². The van der Waals surface area contributed by atoms with Crippen molar-refractivity contribution in [3.63, 3.8) is 0 Å². The van der Waals surface area contributed by atoms with Crippen LogP contribution in [0.3, 0.4) is 0 Å². The molecule has 0 saturated carbocycles. The van der Waals surface area contributed by atoms with Crippen LogP contribution in [-0.4, -0.2) is 10.9 Å². The van der Waals surface area contributed by atoms with E-state index >= 15 is 0 Å². The van der Waals surface area contributed by atoms with Crippen molar-refractivity contribution in [2.24, 2.45) is 0 Å². The molecule has 0 aliphatic rings. The molecule has 0 atom stereocenters. The standard InChI is InChI=1S/C10H6BrClN2O2/c11-9-7(3-4-16-9)10(15)14-6-1-2-8(12)13-5-6/h1-5H,(H,14,15). The van der Waals surface area contributed by atoms with Crippen LogP contribution in [0.1, 0.15) is 10.4 Å². The van der Waals surface area contributed by atoms with Gasteiger partial charge >= 0.3 is 0 Å². The Labute approximate surface area is 105 Å². The average molecular weight is 302 g/mol. The molecule has 2 aromatic rings. The third-order valence-corrected chi connectivity index (χ3v) is 2.69. The highest BCUT2D eigenvalue weighted by Gasteiger charge is 2.12. The first-order chi connectivity index (χ1) is 7.66. The maximum Gasteiger partial charge on any atom is 0.260 e. The van der Waals surface area contributed by atoms with Crippen LogP contribution in [0.2, 0.25) is 5.15 Å². The van der Waals surface area contributed by atoms with Gasteiger partial charge in [0.15, 0.2) is 4.67 Å². The number of anilines is 1. The lowest BCUT2D eigenvalue weighted by Gasteiger charge is -2.02. The molecule has 2 heterocycles. The summed E-state index contributed by atoms with van der Waals surface area (Å²) in [6.07, 6.45) is 2.91. The van der Waals surface area contributed by atoms with E-state index in [0.717, 1.165) is 0 Å². The number of pyridine rings is 1. The highest BCUT2D eigenvalue weighted by Crippen LogP contribution is 2.19. The van der Waals surface area contributed by atoms with Gasteiger partial charge in [0.05, 0.1) is 23.7 Å². The van der Waals surface area contributed by atoms with Crippen LogP contribution in [0.4, 0.5) is 5.69 Å². The number of nitrogens with one attached hydrogen (secondary N) is 1. The van der Waals surface area contributed by atoms with Crippen molar-refractivity contribution in [1.82, 2.24) is 4.98 Å². The van der Waals surface area contributed by atoms with E-state index in [1.54, 1.807) is 18.2 Å². The van der Waals surface area contributed by atoms with E-state index in [0.29, 0.717) is 21.1 Å². The topological polar surface area (TPSA) is 55.1 Å². The summed E-state index contributed by atoms with van der Waals surface area (Å²) in [5.41, 5.74) is 0.998. The van der Waals surface area contributed by atoms with Gasteiger partial charge in [-0.05, 0) is 34.1 Å². The molecule has 2 rings (SSSR count). The maximum atomic E-state index is 11.7. The monoisotopic (exact) mass is 300 g/mol. The molecule has 0 aliphatic carbocycles. The fourth-order valence-corrected chi connectivity index (χ4v) is 1.64. The van der Waals surface area contributed by atoms with Gasteiger partial charge in [0.2, 0.25) is 0 Å². The Kier molecular flexibility index (Phi) is 3.26. The van der Waals surface area contributed by atoms with Gasteiger partial charge in [-0.1, -0.05) is 11.6 Å². The van der Waals surface area contributed by atoms with Crippen molar-refractivity contribution in [3.05, 3.63) is 46.0 Å². The van der Waals surface area contributed by atoms with Crippen LogP contribution in [0, 0.1) is 0 Å². The van der Waals surface area contributed by atoms with Crippen LogP contribution >= 0.6 is 27.5 Å². The second kappa shape index (κ2) is 4.67. The average Bonchev–Trinajstić information content (AvgIpc) is 2.68. The first-order valence-corrected chi connectivity index (χ1v) is 5.50. The van der Waals surface area contributed by atoms with Crippen molar-refractivity contribution >= 4 is 39.1 Å². The summed E-state index contributed by atoms with van der Waals surface area (Å²) in [5.74, 6) is -0.273. The summed E-state index contributed by atoms with van der Waals surface area (Å²) in [6, 6.07) is 4.84. The lowest BCUT2D eigenvalue weighted by molar-refractivity contribution is 0.102. The molecule has 1 amide bonds. The highest BCUT2D eigenvalue weighted by atomic mass is 79.9. The molecule has 6 heteroatoms. The summed E-state index contributed by atoms with van der Waals surface area (Å²) in [4.78, 5) is 15.6. The summed E-state index contributed by atoms with van der Waals surface area (Å²) in [7, 11) is 0. The van der Waals surface area contributed by atoms with Gasteiger partial charge in [0.25, 0.3) is 5.91 Å². The molecule has 0 spiro atoms. The second-order valence-corrected chi connectivity index (χ2v) is 4.04. The molecule has 0 bridgehead atoms. The van der Waals surface area contributed by atoms with E-state index < -0.39 is 0 Å². The summed E-state index contributed by atoms with van der Waals surface area (Å²) < 4.78 is 5.36. The minimum absolute atomic E-state index is 0.273. The van der Waals surface area contributed by atoms with Crippen LogP contribution < -0.4 is 5.32 Å². The Hall–Kier alpha value is -1.33. The van der Waals surface area contributed by atoms with E-state index in [-0.39, 0.29) is 5.91 Å². The first kappa shape index (κ1) is 11.2. The zero-order valence-electron chi connectivity index (χ0n) is 7.91. The van der Waals surface area contributed by atoms with E-state index in [1.165, 1.54) is 12.5 Å². The highest BCUT2D eigenvalue weighted by molar-refractivity contribution is 9.10. The molecule has 0 unspecified atom stereocenters. The fraction of sp³-hybridized carbons (Fsp3) is 0. The van der Waals surface area contributed by atoms with E-state index in [2.05, 4.69) is 26.2 Å². The normalized spacial score (nSPS) is 10.1. The van der Waals surface area contributed by atoms with Crippen molar-refractivity contribution in [1.29, 1.82) is 0 Å². The number of furan rings is 1. The molecule has 16 heavy (non-hydrogen) atoms. The Morgan fingerprint density at radius 3 is 2.81 bits per heavy atom. The van der Waals surface area contributed by atoms with Crippen LogP contribution in [0.5, 0.6) is 0 Å². The molecular weight excluding hydrogens is 295 g/mol. The third kappa shape index (κ3) is 2.43. The zero-order chi connectivity index (χ0) is 11.5. The Bertz CT molecular complexity index is 510. The zero-order valence-corrected chi connectivity index (χ0v) is 10.2. The smallest absolute Gasteiger partial charge is 0.260 e. The van der Waals surface area contributed by atoms with Crippen LogP contribution in [0.15, 0.2) is 39.7 Å². The van der Waals surface area contributed by atoms with Gasteiger partial charge in [0.1, 0.15) is 5.15 Å². The van der Waals surface area contributed by atoms with E-state index in [1.807, 2.05) is 0 Å². The number of carbonyl (C=O) groups excluding carboxylic acids is 1. The van der Waals surface area contributed by atoms with Gasteiger partial charge in [-0.15, -0.1) is 0 Å². The molecule has 0 fully saturated rings. The third-order valence-electron chi connectivity index (χ3n) is 1.85. The molecule has 0 saturated heterocycles. The maximum absolute atomic E-state index is 11.7. The molecule has 0 radical (unpaired) electrons. The fourth-order valence-electron chi connectivity index (χ4n) is 1.10. The van der Waals surface area contributed by atoms with Gasteiger partial charge in [-0.25, -0.2) is 4.98 Å². The van der Waals surface area contributed by atoms with Crippen molar-refractivity contribution in [3.8, 4) is 0 Å². The largest absolute Gasteiger partial charge is 0.457 e. The molecule has 0 aromatic carbocycles. The second-order valence-electron chi connectivity index (χ2n) is 2.93. The van der Waals surface area contributed by atoms with E-state index in [4.69, 9.17) is 16.0 Å². The predicted octanol–water partition coefficient (Wildman–Crippen LogP) is 3.34. The summed E-state index contributed by atoms with van der Waals surface area (Å²) in [5, 5.41) is 3.04. The Morgan fingerprint density at radius 1 is 1.44 bits per heavy atom. The number of rotatable bonds is 2. The van der Waals surface area contributed by atoms with Gasteiger partial charge < -0.3 is 9.73 Å². The van der Waals surface area contributed by atoms with Crippen LogP contribution in [0.25, 0.3) is 0 Å². The lowest BCUT2D eigenvalue weighted by Crippen LogP contribution is -2.11. The molecule has 0 aliphatic heterocycles. The molecule has 4 nitrogen and oxygen atoms in total. The minimum Gasteiger partial charge on any atom is -0.457 e. The first-order valence-electron chi connectivity index (χ1n) is 4.33. The number of hydrogen-bond donors (Lipinski definition) is 1. The molecule has 82 valence electrons. The number of amides is 1. The SMILES string of the molecule is O=C(Nc1ccc(Cl)nc1)c1ccoc1Br. The van der Waals surface area contributed by atoms with Gasteiger partial charge in [-0.2, -0.15) is 0 Å². The van der Waals surface area contributed by atoms with Crippen molar-refractivity contribution in [2.45, 2.75) is 0 Å². The summed E-state index contributed by atoms with van der Waals surface area (Å²) in [6.45, 7) is 0. The van der Waals surface area contributed by atoms with Crippen molar-refractivity contribution < 1.29 is 9.21 Å². The predicted molar refractivity (Wildman–Crippen MR) is 63.6 cm³/mol. The number of nitrogens with zero attached hydrogens (tertiary/aromatic N) is 1. The number of halogens is 2. The van der Waals surface area contributed by atoms with Crippen LogP contribution in [-0.2, 0) is 0 Å². The molecular formula is C10H6BrClN2O2. The lowest BCUT2D eigenvalue weighted by atomic mass is 10.3. The molecule has 2 aromatic heterocycles. The Balaban J connectivity index is 2.14. The number of aromatic nitrogens is 1. The number of hydrogen-bond acceptors (Lipinski definition) is 3. The van der Waals surface area contributed by atoms with E-state index in [9.17, 15) is 4.79 Å². The minimum atomic E-state index is -0.273. The quantitative estimate of drug-likeness (QED) is 0.866. The summed E-state index contributed by atoms with van der Waals surface area (Å²) >= 11 is 8.75.